The molecule has 0 fully saturated rings. The van der Waals surface area contributed by atoms with Gasteiger partial charge in [0.2, 0.25) is 0 Å². The molecule has 0 unspecified atom stereocenters. The number of hydrogen-bond acceptors (Lipinski definition) is 2. The van der Waals surface area contributed by atoms with E-state index in [1.54, 1.807) is 6.07 Å². The summed E-state index contributed by atoms with van der Waals surface area (Å²) in [5.41, 5.74) is 2.73. The Labute approximate surface area is 97.4 Å². The van der Waals surface area contributed by atoms with Gasteiger partial charge in [0.05, 0.1) is 12.7 Å². The molecule has 0 spiro atoms. The lowest BCUT2D eigenvalue weighted by atomic mass is 9.48. The monoisotopic (exact) mass is 216 g/mol. The Bertz CT molecular complexity index is 397. The first-order valence-electron chi connectivity index (χ1n) is 5.40. The fourth-order valence-electron chi connectivity index (χ4n) is 1.43. The van der Waals surface area contributed by atoms with Crippen LogP contribution in [0.4, 0.5) is 0 Å². The first-order chi connectivity index (χ1) is 7.56. The molecule has 0 atom stereocenters. The fourth-order valence-corrected chi connectivity index (χ4v) is 1.43. The lowest BCUT2D eigenvalue weighted by Crippen LogP contribution is -2.11. The summed E-state index contributed by atoms with van der Waals surface area (Å²) in [4.78, 5) is 11.5. The molecule has 1 aromatic carbocycles. The standard InChI is InChI=1S/C13H17BO2/c1-10(14(2)3)9-11-7-5-6-8-12(11)13(15)16-4/h5-8H,1,9H2,2-4H3. The predicted molar refractivity (Wildman–Crippen MR) is 68.1 cm³/mol. The van der Waals surface area contributed by atoms with Crippen molar-refractivity contribution in [3.63, 3.8) is 0 Å². The maximum atomic E-state index is 11.5. The van der Waals surface area contributed by atoms with Crippen molar-refractivity contribution in [2.75, 3.05) is 7.11 Å². The summed E-state index contributed by atoms with van der Waals surface area (Å²) in [6.45, 7) is 8.65. The minimum absolute atomic E-state index is 0.285. The molecule has 0 aromatic heterocycles. The van der Waals surface area contributed by atoms with Gasteiger partial charge in [-0.05, 0) is 18.1 Å². The number of methoxy groups -OCH3 is 1. The van der Waals surface area contributed by atoms with Crippen molar-refractivity contribution < 1.29 is 9.53 Å². The van der Waals surface area contributed by atoms with Crippen molar-refractivity contribution in [3.05, 3.63) is 47.4 Å². The Kier molecular flexibility index (Phi) is 4.35. The van der Waals surface area contributed by atoms with Crippen LogP contribution in [0, 0.1) is 0 Å². The molecule has 1 aromatic rings. The molecule has 2 nitrogen and oxygen atoms in total. The van der Waals surface area contributed by atoms with Crippen LogP contribution >= 0.6 is 0 Å². The Morgan fingerprint density at radius 1 is 1.38 bits per heavy atom. The number of rotatable bonds is 4. The van der Waals surface area contributed by atoms with Gasteiger partial charge in [-0.25, -0.2) is 4.79 Å². The van der Waals surface area contributed by atoms with Crippen molar-refractivity contribution in [1.29, 1.82) is 0 Å². The van der Waals surface area contributed by atoms with Crippen molar-refractivity contribution >= 4 is 12.7 Å². The number of benzene rings is 1. The number of ether oxygens (including phenoxy) is 1. The van der Waals surface area contributed by atoms with E-state index in [1.165, 1.54) is 7.11 Å². The minimum Gasteiger partial charge on any atom is -0.465 e. The first kappa shape index (κ1) is 12.6. The maximum Gasteiger partial charge on any atom is 0.338 e. The van der Waals surface area contributed by atoms with E-state index in [4.69, 9.17) is 4.74 Å². The molecule has 0 aliphatic rings. The highest BCUT2D eigenvalue weighted by molar-refractivity contribution is 6.63. The molecule has 0 aliphatic carbocycles. The van der Waals surface area contributed by atoms with Gasteiger partial charge in [0.25, 0.3) is 0 Å². The second kappa shape index (κ2) is 5.54. The quantitative estimate of drug-likeness (QED) is 0.571. The van der Waals surface area contributed by atoms with Crippen LogP contribution in [0.2, 0.25) is 13.6 Å². The van der Waals surface area contributed by atoms with E-state index in [0.29, 0.717) is 12.3 Å². The molecule has 0 saturated heterocycles. The highest BCUT2D eigenvalue weighted by atomic mass is 16.5. The minimum atomic E-state index is -0.285. The van der Waals surface area contributed by atoms with E-state index >= 15 is 0 Å². The molecule has 0 saturated carbocycles. The molecule has 84 valence electrons. The average Bonchev–Trinajstić information content (AvgIpc) is 2.28. The fraction of sp³-hybridized carbons (Fsp3) is 0.308. The SMILES string of the molecule is C=C(Cc1ccccc1C(=O)OC)B(C)C. The summed E-state index contributed by atoms with van der Waals surface area (Å²) in [6.07, 6.45) is 0.725. The van der Waals surface area contributed by atoms with E-state index in [2.05, 4.69) is 20.2 Å². The van der Waals surface area contributed by atoms with Gasteiger partial charge in [-0.3, -0.25) is 0 Å². The largest absolute Gasteiger partial charge is 0.465 e. The van der Waals surface area contributed by atoms with Gasteiger partial charge in [0, 0.05) is 0 Å². The third kappa shape index (κ3) is 2.99. The van der Waals surface area contributed by atoms with E-state index < -0.39 is 0 Å². The molecular formula is C13H17BO2. The molecule has 0 N–H and O–H groups in total. The van der Waals surface area contributed by atoms with Crippen LogP contribution < -0.4 is 0 Å². The summed E-state index contributed by atoms with van der Waals surface area (Å²) in [5.74, 6) is -0.285. The summed E-state index contributed by atoms with van der Waals surface area (Å²) >= 11 is 0. The van der Waals surface area contributed by atoms with Gasteiger partial charge in [-0.15, -0.1) is 12.1 Å². The molecule has 0 bridgehead atoms. The first-order valence-corrected chi connectivity index (χ1v) is 5.40. The number of hydrogen-bond donors (Lipinski definition) is 0. The topological polar surface area (TPSA) is 26.3 Å². The summed E-state index contributed by atoms with van der Waals surface area (Å²) in [7, 11) is 1.40. The van der Waals surface area contributed by atoms with Crippen molar-refractivity contribution in [1.82, 2.24) is 0 Å². The molecule has 1 rings (SSSR count). The zero-order valence-corrected chi connectivity index (χ0v) is 10.1. The lowest BCUT2D eigenvalue weighted by Gasteiger charge is -2.10. The Morgan fingerprint density at radius 2 is 2.00 bits per heavy atom. The van der Waals surface area contributed by atoms with Crippen molar-refractivity contribution in [2.45, 2.75) is 20.1 Å². The van der Waals surface area contributed by atoms with E-state index in [9.17, 15) is 4.79 Å². The molecule has 0 radical (unpaired) electrons. The summed E-state index contributed by atoms with van der Waals surface area (Å²) in [6, 6.07) is 7.50. The molecule has 0 heterocycles. The van der Waals surface area contributed by atoms with Crippen LogP contribution in [0.3, 0.4) is 0 Å². The van der Waals surface area contributed by atoms with Crippen LogP contribution in [0.5, 0.6) is 0 Å². The van der Waals surface area contributed by atoms with Crippen LogP contribution in [0.1, 0.15) is 15.9 Å². The predicted octanol–water partition coefficient (Wildman–Crippen LogP) is 2.87. The summed E-state index contributed by atoms with van der Waals surface area (Å²) < 4.78 is 4.75. The van der Waals surface area contributed by atoms with Gasteiger partial charge < -0.3 is 4.74 Å². The highest BCUT2D eigenvalue weighted by Crippen LogP contribution is 2.15. The average molecular weight is 216 g/mol. The molecule has 16 heavy (non-hydrogen) atoms. The van der Waals surface area contributed by atoms with Gasteiger partial charge in [-0.1, -0.05) is 31.8 Å². The Balaban J connectivity index is 2.95. The third-order valence-electron chi connectivity index (χ3n) is 2.66. The third-order valence-corrected chi connectivity index (χ3v) is 2.66. The lowest BCUT2D eigenvalue weighted by molar-refractivity contribution is 0.0599. The van der Waals surface area contributed by atoms with Crippen LogP contribution in [0.25, 0.3) is 0 Å². The second-order valence-electron chi connectivity index (χ2n) is 4.14. The molecular weight excluding hydrogens is 199 g/mol. The van der Waals surface area contributed by atoms with Crippen LogP contribution in [-0.2, 0) is 11.2 Å². The van der Waals surface area contributed by atoms with E-state index in [-0.39, 0.29) is 5.97 Å². The maximum absolute atomic E-state index is 11.5. The molecule has 0 aliphatic heterocycles. The van der Waals surface area contributed by atoms with Gasteiger partial charge >= 0.3 is 5.97 Å². The van der Waals surface area contributed by atoms with Crippen molar-refractivity contribution in [2.24, 2.45) is 0 Å². The van der Waals surface area contributed by atoms with Crippen LogP contribution in [-0.4, -0.2) is 19.8 Å². The second-order valence-corrected chi connectivity index (χ2v) is 4.14. The van der Waals surface area contributed by atoms with E-state index in [0.717, 1.165) is 17.5 Å². The van der Waals surface area contributed by atoms with Gasteiger partial charge in [0.1, 0.15) is 0 Å². The number of carbonyl (C=O) groups is 1. The van der Waals surface area contributed by atoms with E-state index in [1.807, 2.05) is 18.2 Å². The summed E-state index contributed by atoms with van der Waals surface area (Å²) in [5, 5.41) is 0. The highest BCUT2D eigenvalue weighted by Gasteiger charge is 2.13. The van der Waals surface area contributed by atoms with Crippen molar-refractivity contribution in [3.8, 4) is 0 Å². The Hall–Kier alpha value is -1.51. The van der Waals surface area contributed by atoms with Crippen LogP contribution in [0.15, 0.2) is 36.3 Å². The zero-order chi connectivity index (χ0) is 12.1. The molecule has 3 heteroatoms. The smallest absolute Gasteiger partial charge is 0.338 e. The molecule has 0 amide bonds. The van der Waals surface area contributed by atoms with Gasteiger partial charge in [-0.2, -0.15) is 0 Å². The van der Waals surface area contributed by atoms with Gasteiger partial charge in [0.15, 0.2) is 6.71 Å². The number of carbonyl (C=O) groups excluding carboxylic acids is 1. The zero-order valence-electron chi connectivity index (χ0n) is 10.1. The number of allylic oxidation sites excluding steroid dienone is 1. The number of esters is 1. The Morgan fingerprint density at radius 3 is 2.56 bits per heavy atom. The normalized spacial score (nSPS) is 9.69.